The van der Waals surface area contributed by atoms with Crippen LogP contribution in [0.3, 0.4) is 0 Å². The lowest BCUT2D eigenvalue weighted by molar-refractivity contribution is 0.0953. The van der Waals surface area contributed by atoms with Crippen LogP contribution in [0.4, 0.5) is 0 Å². The first-order valence-electron chi connectivity index (χ1n) is 7.35. The van der Waals surface area contributed by atoms with Gasteiger partial charge in [-0.15, -0.1) is 0 Å². The van der Waals surface area contributed by atoms with Gasteiger partial charge in [-0.05, 0) is 30.8 Å². The van der Waals surface area contributed by atoms with E-state index in [1.165, 1.54) is 5.56 Å². The van der Waals surface area contributed by atoms with Crippen LogP contribution in [0.2, 0.25) is 0 Å². The van der Waals surface area contributed by atoms with Crippen LogP contribution in [0, 0.1) is 0 Å². The van der Waals surface area contributed by atoms with Gasteiger partial charge in [0.1, 0.15) is 0 Å². The largest absolute Gasteiger partial charge is 0.361 e. The van der Waals surface area contributed by atoms with Crippen molar-refractivity contribution >= 4 is 16.8 Å². The van der Waals surface area contributed by atoms with E-state index in [4.69, 9.17) is 0 Å². The van der Waals surface area contributed by atoms with Crippen molar-refractivity contribution in [2.45, 2.75) is 19.8 Å². The molecule has 1 unspecified atom stereocenters. The topological polar surface area (TPSA) is 48.1 Å². The SMILES string of the molecule is CCN(CC)CC1CNC(=O)c2cccc3[nH]cc1c23. The average molecular weight is 271 g/mol. The molecule has 3 rings (SSSR count). The summed E-state index contributed by atoms with van der Waals surface area (Å²) in [4.78, 5) is 17.9. The van der Waals surface area contributed by atoms with Gasteiger partial charge in [-0.2, -0.15) is 0 Å². The highest BCUT2D eigenvalue weighted by atomic mass is 16.1. The summed E-state index contributed by atoms with van der Waals surface area (Å²) in [5, 5.41) is 4.16. The zero-order valence-corrected chi connectivity index (χ0v) is 12.1. The first kappa shape index (κ1) is 13.2. The molecule has 0 bridgehead atoms. The van der Waals surface area contributed by atoms with E-state index in [0.29, 0.717) is 12.5 Å². The molecular formula is C16H21N3O. The van der Waals surface area contributed by atoms with Gasteiger partial charge < -0.3 is 15.2 Å². The van der Waals surface area contributed by atoms with Gasteiger partial charge in [-0.1, -0.05) is 19.9 Å². The van der Waals surface area contributed by atoms with Crippen molar-refractivity contribution in [3.63, 3.8) is 0 Å². The van der Waals surface area contributed by atoms with Gasteiger partial charge in [0.15, 0.2) is 0 Å². The number of nitrogens with zero attached hydrogens (tertiary/aromatic N) is 1. The summed E-state index contributed by atoms with van der Waals surface area (Å²) in [6.07, 6.45) is 2.07. The lowest BCUT2D eigenvalue weighted by Gasteiger charge is -2.24. The van der Waals surface area contributed by atoms with Crippen LogP contribution >= 0.6 is 0 Å². The molecule has 0 saturated carbocycles. The maximum absolute atomic E-state index is 12.2. The summed E-state index contributed by atoms with van der Waals surface area (Å²) >= 11 is 0. The summed E-state index contributed by atoms with van der Waals surface area (Å²) in [5.41, 5.74) is 3.11. The molecule has 4 heteroatoms. The molecule has 0 aliphatic carbocycles. The van der Waals surface area contributed by atoms with Gasteiger partial charge in [0.2, 0.25) is 0 Å². The lowest BCUT2D eigenvalue weighted by Crippen LogP contribution is -2.34. The van der Waals surface area contributed by atoms with E-state index in [1.807, 2.05) is 18.2 Å². The standard InChI is InChI=1S/C16H21N3O/c1-3-19(4-2)10-11-8-18-16(20)12-6-5-7-14-15(12)13(11)9-17-14/h5-7,9,11,17H,3-4,8,10H2,1-2H3,(H,18,20). The lowest BCUT2D eigenvalue weighted by atomic mass is 9.97. The van der Waals surface area contributed by atoms with Crippen molar-refractivity contribution in [3.05, 3.63) is 35.5 Å². The van der Waals surface area contributed by atoms with Gasteiger partial charge in [-0.25, -0.2) is 0 Å². The predicted molar refractivity (Wildman–Crippen MR) is 81.2 cm³/mol. The average Bonchev–Trinajstić information content (AvgIpc) is 2.85. The molecule has 20 heavy (non-hydrogen) atoms. The molecule has 1 amide bonds. The number of amides is 1. The quantitative estimate of drug-likeness (QED) is 0.896. The maximum atomic E-state index is 12.2. The molecule has 1 aromatic heterocycles. The monoisotopic (exact) mass is 271 g/mol. The maximum Gasteiger partial charge on any atom is 0.251 e. The third-order valence-corrected chi connectivity index (χ3v) is 4.30. The zero-order chi connectivity index (χ0) is 14.1. The van der Waals surface area contributed by atoms with Crippen molar-refractivity contribution in [1.29, 1.82) is 0 Å². The molecule has 1 aromatic carbocycles. The Morgan fingerprint density at radius 1 is 1.30 bits per heavy atom. The normalized spacial score (nSPS) is 18.4. The summed E-state index contributed by atoms with van der Waals surface area (Å²) < 4.78 is 0. The van der Waals surface area contributed by atoms with E-state index in [2.05, 4.69) is 35.2 Å². The Balaban J connectivity index is 2.05. The van der Waals surface area contributed by atoms with Gasteiger partial charge in [-0.3, -0.25) is 4.79 Å². The predicted octanol–water partition coefficient (Wildman–Crippen LogP) is 2.34. The molecule has 0 saturated heterocycles. The van der Waals surface area contributed by atoms with E-state index in [9.17, 15) is 4.79 Å². The Kier molecular flexibility index (Phi) is 3.49. The van der Waals surface area contributed by atoms with Crippen molar-refractivity contribution in [1.82, 2.24) is 15.2 Å². The Morgan fingerprint density at radius 2 is 2.10 bits per heavy atom. The number of hydrogen-bond donors (Lipinski definition) is 2. The number of hydrogen-bond acceptors (Lipinski definition) is 2. The Hall–Kier alpha value is -1.81. The molecule has 106 valence electrons. The van der Waals surface area contributed by atoms with Crippen LogP contribution in [-0.4, -0.2) is 42.0 Å². The van der Waals surface area contributed by atoms with Crippen LogP contribution in [0.15, 0.2) is 24.4 Å². The smallest absolute Gasteiger partial charge is 0.251 e. The molecule has 4 nitrogen and oxygen atoms in total. The fraction of sp³-hybridized carbons (Fsp3) is 0.438. The highest BCUT2D eigenvalue weighted by Gasteiger charge is 2.25. The molecule has 0 spiro atoms. The van der Waals surface area contributed by atoms with E-state index in [1.54, 1.807) is 0 Å². The number of nitrogens with one attached hydrogen (secondary N) is 2. The van der Waals surface area contributed by atoms with Crippen LogP contribution in [-0.2, 0) is 0 Å². The molecule has 0 fully saturated rings. The Morgan fingerprint density at radius 3 is 2.85 bits per heavy atom. The highest BCUT2D eigenvalue weighted by molar-refractivity contribution is 6.08. The van der Waals surface area contributed by atoms with Crippen LogP contribution < -0.4 is 5.32 Å². The van der Waals surface area contributed by atoms with E-state index in [-0.39, 0.29) is 5.91 Å². The molecule has 2 N–H and O–H groups in total. The second-order valence-electron chi connectivity index (χ2n) is 5.36. The third kappa shape index (κ3) is 2.10. The van der Waals surface area contributed by atoms with Gasteiger partial charge in [0.05, 0.1) is 0 Å². The van der Waals surface area contributed by atoms with Crippen molar-refractivity contribution in [2.75, 3.05) is 26.2 Å². The summed E-state index contributed by atoms with van der Waals surface area (Å²) in [6.45, 7) is 8.12. The summed E-state index contributed by atoms with van der Waals surface area (Å²) in [7, 11) is 0. The van der Waals surface area contributed by atoms with Gasteiger partial charge >= 0.3 is 0 Å². The first-order valence-corrected chi connectivity index (χ1v) is 7.35. The number of benzene rings is 1. The Labute approximate surface area is 119 Å². The second-order valence-corrected chi connectivity index (χ2v) is 5.36. The molecule has 1 atom stereocenters. The molecule has 1 aliphatic rings. The fourth-order valence-corrected chi connectivity index (χ4v) is 3.10. The number of rotatable bonds is 4. The fourth-order valence-electron chi connectivity index (χ4n) is 3.10. The summed E-state index contributed by atoms with van der Waals surface area (Å²) in [5.74, 6) is 0.384. The molecule has 1 aliphatic heterocycles. The minimum Gasteiger partial charge on any atom is -0.361 e. The zero-order valence-electron chi connectivity index (χ0n) is 12.1. The number of carbonyl (C=O) groups excluding carboxylic acids is 1. The highest BCUT2D eigenvalue weighted by Crippen LogP contribution is 2.31. The van der Waals surface area contributed by atoms with Crippen molar-refractivity contribution in [3.8, 4) is 0 Å². The van der Waals surface area contributed by atoms with Crippen LogP contribution in [0.25, 0.3) is 10.9 Å². The first-order chi connectivity index (χ1) is 9.74. The molecule has 2 aromatic rings. The van der Waals surface area contributed by atoms with Crippen molar-refractivity contribution < 1.29 is 4.79 Å². The van der Waals surface area contributed by atoms with E-state index >= 15 is 0 Å². The van der Waals surface area contributed by atoms with E-state index < -0.39 is 0 Å². The number of carbonyl (C=O) groups is 1. The van der Waals surface area contributed by atoms with Crippen LogP contribution in [0.5, 0.6) is 0 Å². The van der Waals surface area contributed by atoms with Crippen molar-refractivity contribution in [2.24, 2.45) is 0 Å². The van der Waals surface area contributed by atoms with Gasteiger partial charge in [0.25, 0.3) is 5.91 Å². The molecule has 0 radical (unpaired) electrons. The number of H-pyrrole nitrogens is 1. The van der Waals surface area contributed by atoms with Gasteiger partial charge in [0, 0.05) is 41.7 Å². The second kappa shape index (κ2) is 5.29. The number of likely N-dealkylation sites (N-methyl/N-ethyl adjacent to an activating group) is 1. The third-order valence-electron chi connectivity index (χ3n) is 4.30. The minimum atomic E-state index is 0.0403. The van der Waals surface area contributed by atoms with E-state index in [0.717, 1.165) is 36.1 Å². The minimum absolute atomic E-state index is 0.0403. The number of aromatic amines is 1. The number of aromatic nitrogens is 1. The van der Waals surface area contributed by atoms with Crippen LogP contribution in [0.1, 0.15) is 35.7 Å². The molecular weight excluding hydrogens is 250 g/mol. The summed E-state index contributed by atoms with van der Waals surface area (Å²) in [6, 6.07) is 5.88. The Bertz CT molecular complexity index is 628. The molecule has 2 heterocycles.